The third-order valence-corrected chi connectivity index (χ3v) is 9.66. The third kappa shape index (κ3) is 5.35. The number of methoxy groups -OCH3 is 2. The van der Waals surface area contributed by atoms with Gasteiger partial charge in [0.1, 0.15) is 11.5 Å². The maximum atomic E-state index is 6.15. The summed E-state index contributed by atoms with van der Waals surface area (Å²) in [5, 5.41) is 7.37. The summed E-state index contributed by atoms with van der Waals surface area (Å²) in [7, 11) is 3.54. The second kappa shape index (κ2) is 13.1. The minimum absolute atomic E-state index is 0.157. The van der Waals surface area contributed by atoms with Crippen molar-refractivity contribution >= 4 is 84.1 Å². The first kappa shape index (κ1) is 30.1. The molecule has 0 atom stereocenters. The predicted molar refractivity (Wildman–Crippen MR) is 208 cm³/mol. The van der Waals surface area contributed by atoms with Crippen LogP contribution < -0.4 is 25.9 Å². The summed E-state index contributed by atoms with van der Waals surface area (Å²) in [6.45, 7) is 2.06. The van der Waals surface area contributed by atoms with Gasteiger partial charge in [-0.15, -0.1) is 0 Å². The first-order valence-electron chi connectivity index (χ1n) is 15.6. The van der Waals surface area contributed by atoms with Crippen molar-refractivity contribution in [2.75, 3.05) is 18.6 Å². The largest absolute Gasteiger partial charge is 0.497 e. The first-order valence-corrected chi connectivity index (χ1v) is 17.1. The lowest BCUT2D eigenvalue weighted by atomic mass is 9.35. The van der Waals surface area contributed by atoms with E-state index in [9.17, 15) is 0 Å². The zero-order valence-corrected chi connectivity index (χ0v) is 28.4. The number of alkyl halides is 1. The molecule has 46 heavy (non-hydrogen) atoms. The minimum atomic E-state index is -0.157. The Bertz CT molecular complexity index is 2250. The van der Waals surface area contributed by atoms with Gasteiger partial charge in [0.25, 0.3) is 6.71 Å². The molecule has 4 heteroatoms. The highest BCUT2D eigenvalue weighted by Crippen LogP contribution is 2.35. The van der Waals surface area contributed by atoms with Crippen LogP contribution in [0.15, 0.2) is 133 Å². The summed E-state index contributed by atoms with van der Waals surface area (Å²) in [5.41, 5.74) is 8.26. The maximum absolute atomic E-state index is 6.15. The molecule has 0 radical (unpaired) electrons. The average molecular weight is 708 g/mol. The van der Waals surface area contributed by atoms with Crippen molar-refractivity contribution in [2.45, 2.75) is 6.92 Å². The fourth-order valence-electron chi connectivity index (χ4n) is 7.02. The van der Waals surface area contributed by atoms with E-state index in [0.29, 0.717) is 0 Å². The van der Waals surface area contributed by atoms with Crippen molar-refractivity contribution in [3.05, 3.63) is 145 Å². The standard InChI is InChI=1S/C42H34BIO2/c1-28-29(15-11-25-44)21-23-39(45-2)41(28)43(42-35-18-7-4-12-30(35)22-24-40(42)46-3)33-16-10-14-31(26-33)38-27-32-13-5-6-17-34(32)36-19-8-9-20-37(36)38/h4-24,26-27H,25H2,1-3H3/b15-11-. The van der Waals surface area contributed by atoms with Crippen LogP contribution in [0.5, 0.6) is 11.5 Å². The van der Waals surface area contributed by atoms with Crippen LogP contribution in [0.25, 0.3) is 49.5 Å². The lowest BCUT2D eigenvalue weighted by Crippen LogP contribution is -2.54. The van der Waals surface area contributed by atoms with Gasteiger partial charge in [0, 0.05) is 4.43 Å². The molecular weight excluding hydrogens is 674 g/mol. The maximum Gasteiger partial charge on any atom is 0.252 e. The van der Waals surface area contributed by atoms with E-state index in [-0.39, 0.29) is 6.71 Å². The van der Waals surface area contributed by atoms with E-state index >= 15 is 0 Å². The van der Waals surface area contributed by atoms with E-state index in [2.05, 4.69) is 169 Å². The van der Waals surface area contributed by atoms with Crippen LogP contribution in [-0.4, -0.2) is 25.4 Å². The van der Waals surface area contributed by atoms with Crippen LogP contribution in [0.1, 0.15) is 11.1 Å². The summed E-state index contributed by atoms with van der Waals surface area (Å²) in [6.07, 6.45) is 4.43. The number of allylic oxidation sites excluding steroid dienone is 1. The number of fused-ring (bicyclic) bond motifs is 4. The van der Waals surface area contributed by atoms with Crippen molar-refractivity contribution < 1.29 is 9.47 Å². The molecule has 0 aliphatic rings. The second-order valence-corrected chi connectivity index (χ2v) is 12.5. The van der Waals surface area contributed by atoms with Crippen molar-refractivity contribution in [3.63, 3.8) is 0 Å². The zero-order chi connectivity index (χ0) is 31.6. The highest BCUT2D eigenvalue weighted by Gasteiger charge is 2.32. The molecule has 0 saturated heterocycles. The Labute approximate surface area is 284 Å². The fourth-order valence-corrected chi connectivity index (χ4v) is 7.27. The zero-order valence-electron chi connectivity index (χ0n) is 26.3. The highest BCUT2D eigenvalue weighted by atomic mass is 127. The molecule has 2 nitrogen and oxygen atoms in total. The summed E-state index contributed by atoms with van der Waals surface area (Å²) >= 11 is 2.39. The van der Waals surface area contributed by atoms with Gasteiger partial charge in [-0.25, -0.2) is 0 Å². The molecule has 0 aliphatic heterocycles. The highest BCUT2D eigenvalue weighted by molar-refractivity contribution is 14.1. The average Bonchev–Trinajstić information content (AvgIpc) is 3.11. The SMILES string of the molecule is COc1ccc(/C=C\CI)c(C)c1B(c1cccc(-c2cc3ccccc3c3ccccc23)c1)c1c(OC)ccc2ccccc12. The van der Waals surface area contributed by atoms with Gasteiger partial charge >= 0.3 is 0 Å². The van der Waals surface area contributed by atoms with Gasteiger partial charge in [-0.2, -0.15) is 0 Å². The van der Waals surface area contributed by atoms with Gasteiger partial charge in [-0.1, -0.05) is 149 Å². The molecule has 7 aromatic rings. The fraction of sp³-hybridized carbons (Fsp3) is 0.0952. The summed E-state index contributed by atoms with van der Waals surface area (Å²) in [6, 6.07) is 45.9. The molecular formula is C42H34BIO2. The number of halogens is 1. The third-order valence-electron chi connectivity index (χ3n) is 9.15. The lowest BCUT2D eigenvalue weighted by Gasteiger charge is -2.25. The Hall–Kier alpha value is -4.55. The van der Waals surface area contributed by atoms with Crippen LogP contribution >= 0.6 is 22.6 Å². The molecule has 0 N–H and O–H groups in total. The van der Waals surface area contributed by atoms with Crippen molar-refractivity contribution in [1.29, 1.82) is 0 Å². The molecule has 0 aliphatic carbocycles. The number of hydrogen-bond donors (Lipinski definition) is 0. The van der Waals surface area contributed by atoms with E-state index in [1.54, 1.807) is 14.2 Å². The Morgan fingerprint density at radius 3 is 2.02 bits per heavy atom. The molecule has 7 aromatic carbocycles. The van der Waals surface area contributed by atoms with Gasteiger partial charge < -0.3 is 9.47 Å². The van der Waals surface area contributed by atoms with Crippen LogP contribution in [0.2, 0.25) is 0 Å². The normalized spacial score (nSPS) is 11.5. The van der Waals surface area contributed by atoms with E-state index in [4.69, 9.17) is 9.47 Å². The van der Waals surface area contributed by atoms with Crippen LogP contribution in [-0.2, 0) is 0 Å². The van der Waals surface area contributed by atoms with Crippen molar-refractivity contribution in [1.82, 2.24) is 0 Å². The Balaban J connectivity index is 1.55. The second-order valence-electron chi connectivity index (χ2n) is 11.6. The van der Waals surface area contributed by atoms with E-state index in [1.165, 1.54) is 60.0 Å². The molecule has 0 spiro atoms. The first-order chi connectivity index (χ1) is 22.6. The molecule has 0 saturated carbocycles. The summed E-state index contributed by atoms with van der Waals surface area (Å²) in [5.74, 6) is 1.73. The molecule has 0 bridgehead atoms. The lowest BCUT2D eigenvalue weighted by molar-refractivity contribution is 0.417. The number of hydrogen-bond acceptors (Lipinski definition) is 2. The van der Waals surface area contributed by atoms with Crippen molar-refractivity contribution in [2.24, 2.45) is 0 Å². The van der Waals surface area contributed by atoms with Crippen LogP contribution in [0.3, 0.4) is 0 Å². The van der Waals surface area contributed by atoms with Crippen molar-refractivity contribution in [3.8, 4) is 22.6 Å². The Kier molecular flexibility index (Phi) is 8.55. The predicted octanol–water partition coefficient (Wildman–Crippen LogP) is 9.10. The minimum Gasteiger partial charge on any atom is -0.497 e. The molecule has 0 fully saturated rings. The molecule has 0 heterocycles. The van der Waals surface area contributed by atoms with Crippen LogP contribution in [0, 0.1) is 6.92 Å². The van der Waals surface area contributed by atoms with Gasteiger partial charge in [0.05, 0.1) is 14.2 Å². The Morgan fingerprint density at radius 1 is 0.609 bits per heavy atom. The molecule has 224 valence electrons. The molecule has 0 amide bonds. The van der Waals surface area contributed by atoms with Gasteiger partial charge in [0.15, 0.2) is 0 Å². The number of benzene rings is 7. The summed E-state index contributed by atoms with van der Waals surface area (Å²) < 4.78 is 13.2. The quantitative estimate of drug-likeness (QED) is 0.0679. The summed E-state index contributed by atoms with van der Waals surface area (Å²) in [4.78, 5) is 0. The van der Waals surface area contributed by atoms with Gasteiger partial charge in [0.2, 0.25) is 0 Å². The van der Waals surface area contributed by atoms with E-state index in [1.807, 2.05) is 0 Å². The molecule has 0 aromatic heterocycles. The number of ether oxygens (including phenoxy) is 2. The molecule has 7 rings (SSSR count). The van der Waals surface area contributed by atoms with Gasteiger partial charge in [-0.3, -0.25) is 0 Å². The van der Waals surface area contributed by atoms with Gasteiger partial charge in [-0.05, 0) is 90.6 Å². The monoisotopic (exact) mass is 708 g/mol. The van der Waals surface area contributed by atoms with E-state index in [0.717, 1.165) is 26.9 Å². The van der Waals surface area contributed by atoms with Crippen LogP contribution in [0.4, 0.5) is 0 Å². The topological polar surface area (TPSA) is 18.5 Å². The smallest absolute Gasteiger partial charge is 0.252 e. The molecule has 0 unspecified atom stereocenters. The number of rotatable bonds is 8. The Morgan fingerprint density at radius 2 is 1.26 bits per heavy atom. The van der Waals surface area contributed by atoms with E-state index < -0.39 is 0 Å².